The molecule has 8 nitrogen and oxygen atoms in total. The first-order chi connectivity index (χ1) is 19.1. The number of rotatable bonds is 5. The number of para-hydroxylation sites is 1. The second-order valence-corrected chi connectivity index (χ2v) is 12.2. The molecule has 2 fully saturated rings. The van der Waals surface area contributed by atoms with Gasteiger partial charge in [0.25, 0.3) is 5.91 Å². The molecule has 39 heavy (non-hydrogen) atoms. The lowest BCUT2D eigenvalue weighted by atomic mass is 10.0. The molecular weight excluding hydrogens is 510 g/mol. The first-order valence-electron chi connectivity index (χ1n) is 14.1. The van der Waals surface area contributed by atoms with Gasteiger partial charge < -0.3 is 15.0 Å². The van der Waals surface area contributed by atoms with Gasteiger partial charge >= 0.3 is 0 Å². The molecule has 0 spiro atoms. The molecule has 2 unspecified atom stereocenters. The van der Waals surface area contributed by atoms with E-state index in [0.717, 1.165) is 74.3 Å². The maximum Gasteiger partial charge on any atom is 0.252 e. The molecule has 0 radical (unpaired) electrons. The zero-order valence-electron chi connectivity index (χ0n) is 21.9. The molecule has 2 aromatic rings. The molecule has 4 aliphatic heterocycles. The van der Waals surface area contributed by atoms with Gasteiger partial charge in [0.05, 0.1) is 28.9 Å². The number of hydrogen-bond donors (Lipinski definition) is 1. The van der Waals surface area contributed by atoms with E-state index in [1.54, 1.807) is 11.8 Å². The summed E-state index contributed by atoms with van der Waals surface area (Å²) < 4.78 is 7.51. The van der Waals surface area contributed by atoms with Crippen LogP contribution >= 0.6 is 11.8 Å². The first kappa shape index (κ1) is 24.8. The second-order valence-electron chi connectivity index (χ2n) is 11.0. The summed E-state index contributed by atoms with van der Waals surface area (Å²) in [5, 5.41) is 7.69. The van der Waals surface area contributed by atoms with Crippen LogP contribution in [0, 0.1) is 0 Å². The monoisotopic (exact) mass is 543 g/mol. The number of thioether (sulfide) groups is 1. The Balaban J connectivity index is 1.10. The summed E-state index contributed by atoms with van der Waals surface area (Å²) in [4.78, 5) is 34.8. The number of nitrogens with zero attached hydrogens (tertiary/aromatic N) is 4. The van der Waals surface area contributed by atoms with Gasteiger partial charge in [0.2, 0.25) is 5.91 Å². The number of anilines is 1. The second kappa shape index (κ2) is 10.4. The Hall–Kier alpha value is -3.17. The molecule has 1 saturated carbocycles. The average Bonchev–Trinajstić information content (AvgIpc) is 3.51. The summed E-state index contributed by atoms with van der Waals surface area (Å²) in [6, 6.07) is 8.37. The van der Waals surface area contributed by atoms with Crippen LogP contribution in [0.1, 0.15) is 62.1 Å². The van der Waals surface area contributed by atoms with Crippen molar-refractivity contribution in [1.82, 2.24) is 15.1 Å². The molecule has 1 N–H and O–H groups in total. The smallest absolute Gasteiger partial charge is 0.252 e. The van der Waals surface area contributed by atoms with Crippen molar-refractivity contribution in [2.24, 2.45) is 4.99 Å². The molecule has 7 rings (SSSR count). The van der Waals surface area contributed by atoms with Crippen LogP contribution in [0.5, 0.6) is 0 Å². The summed E-state index contributed by atoms with van der Waals surface area (Å²) in [7, 11) is 0. The lowest BCUT2D eigenvalue weighted by Gasteiger charge is -2.27. The highest BCUT2D eigenvalue weighted by atomic mass is 32.2. The summed E-state index contributed by atoms with van der Waals surface area (Å²) >= 11 is 1.66. The van der Waals surface area contributed by atoms with Gasteiger partial charge in [-0.1, -0.05) is 29.8 Å². The fourth-order valence-corrected chi connectivity index (χ4v) is 7.31. The lowest BCUT2D eigenvalue weighted by molar-refractivity contribution is -0.121. The Morgan fingerprint density at radius 2 is 1.95 bits per heavy atom. The summed E-state index contributed by atoms with van der Waals surface area (Å²) in [6.45, 7) is 2.12. The number of allylic oxidation sites excluding steroid dienone is 1. The Kier molecular flexibility index (Phi) is 6.64. The fraction of sp³-hybridized carbons (Fsp3) is 0.467. The van der Waals surface area contributed by atoms with Crippen LogP contribution in [-0.4, -0.2) is 64.4 Å². The predicted molar refractivity (Wildman–Crippen MR) is 153 cm³/mol. The molecule has 5 heterocycles. The molecule has 5 aliphatic rings. The van der Waals surface area contributed by atoms with Gasteiger partial charge in [0.15, 0.2) is 0 Å². The number of nitrogens with one attached hydrogen (secondary N) is 1. The van der Waals surface area contributed by atoms with Crippen LogP contribution in [0.3, 0.4) is 0 Å². The number of aromatic nitrogens is 2. The molecule has 2 atom stereocenters. The topological polar surface area (TPSA) is 88.8 Å². The van der Waals surface area contributed by atoms with Crippen molar-refractivity contribution in [2.45, 2.75) is 68.3 Å². The highest BCUT2D eigenvalue weighted by Gasteiger charge is 2.38. The van der Waals surface area contributed by atoms with E-state index in [9.17, 15) is 9.59 Å². The molecule has 9 heteroatoms. The highest BCUT2D eigenvalue weighted by molar-refractivity contribution is 8.09. The van der Waals surface area contributed by atoms with Gasteiger partial charge in [-0.15, -0.1) is 11.8 Å². The third kappa shape index (κ3) is 4.98. The number of fused-ring (bicyclic) bond motifs is 2. The van der Waals surface area contributed by atoms with Crippen molar-refractivity contribution in [3.63, 3.8) is 0 Å². The van der Waals surface area contributed by atoms with E-state index >= 15 is 0 Å². The van der Waals surface area contributed by atoms with Gasteiger partial charge in [-0.25, -0.2) is 0 Å². The molecule has 0 bridgehead atoms. The normalized spacial score (nSPS) is 25.1. The van der Waals surface area contributed by atoms with Crippen molar-refractivity contribution < 1.29 is 14.3 Å². The quantitative estimate of drug-likeness (QED) is 0.608. The van der Waals surface area contributed by atoms with E-state index in [4.69, 9.17) is 9.73 Å². The SMILES string of the molecule is O=C(NC1CC1)C1CC2=C(S1)c1ccccc1N(C(=O)C1CC=CC(c3cnn(C4CCOCC4)c3)=N1)CC2. The van der Waals surface area contributed by atoms with Crippen molar-refractivity contribution >= 4 is 39.9 Å². The number of hydrogen-bond acceptors (Lipinski definition) is 6. The van der Waals surface area contributed by atoms with Gasteiger partial charge in [-0.05, 0) is 57.1 Å². The van der Waals surface area contributed by atoms with Gasteiger partial charge in [0.1, 0.15) is 6.04 Å². The third-order valence-electron chi connectivity index (χ3n) is 8.25. The molecule has 202 valence electrons. The van der Waals surface area contributed by atoms with Gasteiger partial charge in [-0.2, -0.15) is 5.10 Å². The first-order valence-corrected chi connectivity index (χ1v) is 15.0. The molecule has 1 saturated heterocycles. The van der Waals surface area contributed by atoms with Crippen LogP contribution < -0.4 is 10.2 Å². The van der Waals surface area contributed by atoms with Crippen molar-refractivity contribution in [1.29, 1.82) is 0 Å². The lowest BCUT2D eigenvalue weighted by Crippen LogP contribution is -2.40. The summed E-state index contributed by atoms with van der Waals surface area (Å²) in [5.74, 6) is 0.173. The number of aliphatic imine (C=N–C) groups is 1. The summed E-state index contributed by atoms with van der Waals surface area (Å²) in [6.07, 6.45) is 14.2. The van der Waals surface area contributed by atoms with E-state index in [1.165, 1.54) is 10.5 Å². The zero-order valence-corrected chi connectivity index (χ0v) is 22.7. The number of amides is 2. The maximum absolute atomic E-state index is 14.0. The van der Waals surface area contributed by atoms with Crippen molar-refractivity contribution in [3.8, 4) is 0 Å². The van der Waals surface area contributed by atoms with E-state index in [-0.39, 0.29) is 17.1 Å². The van der Waals surface area contributed by atoms with Gasteiger partial charge in [-0.3, -0.25) is 19.3 Å². The van der Waals surface area contributed by atoms with Crippen LogP contribution in [0.4, 0.5) is 5.69 Å². The van der Waals surface area contributed by atoms with E-state index < -0.39 is 6.04 Å². The van der Waals surface area contributed by atoms with Crippen LogP contribution in [-0.2, 0) is 14.3 Å². The molecule has 1 aromatic heterocycles. The number of ether oxygens (including phenoxy) is 1. The Morgan fingerprint density at radius 1 is 1.10 bits per heavy atom. The van der Waals surface area contributed by atoms with Crippen molar-refractivity contribution in [3.05, 3.63) is 65.5 Å². The van der Waals surface area contributed by atoms with Crippen LogP contribution in [0.15, 0.2) is 59.4 Å². The van der Waals surface area contributed by atoms with E-state index in [0.29, 0.717) is 25.0 Å². The Labute approximate surface area is 232 Å². The zero-order chi connectivity index (χ0) is 26.3. The third-order valence-corrected chi connectivity index (χ3v) is 9.66. The molecule has 1 aromatic carbocycles. The largest absolute Gasteiger partial charge is 0.381 e. The fourth-order valence-electron chi connectivity index (χ4n) is 5.92. The minimum Gasteiger partial charge on any atom is -0.381 e. The van der Waals surface area contributed by atoms with E-state index in [2.05, 4.69) is 28.8 Å². The minimum absolute atomic E-state index is 0.0234. The van der Waals surface area contributed by atoms with E-state index in [1.807, 2.05) is 40.1 Å². The summed E-state index contributed by atoms with van der Waals surface area (Å²) in [5.41, 5.74) is 5.01. The Bertz CT molecular complexity index is 1380. The number of benzene rings is 1. The minimum atomic E-state index is -0.470. The maximum atomic E-state index is 14.0. The molecule has 1 aliphatic carbocycles. The van der Waals surface area contributed by atoms with Crippen LogP contribution in [0.25, 0.3) is 4.91 Å². The van der Waals surface area contributed by atoms with Crippen molar-refractivity contribution in [2.75, 3.05) is 24.7 Å². The van der Waals surface area contributed by atoms with Crippen LogP contribution in [0.2, 0.25) is 0 Å². The average molecular weight is 544 g/mol. The van der Waals surface area contributed by atoms with Gasteiger partial charge in [0, 0.05) is 48.0 Å². The standard InChI is InChI=1S/C30H33N5O3S/c36-29(32-21-8-9-21)27-16-19-10-13-34(26-7-2-1-4-23(26)28(19)39-27)30(37)25-6-3-5-24(33-25)20-17-31-35(18-20)22-11-14-38-15-12-22/h1-5,7,17-18,21-22,25,27H,6,8-16H2,(H,32,36). The number of carbonyl (C=O) groups excluding carboxylic acids is 2. The number of dihydropyridines is 1. The number of carbonyl (C=O) groups is 2. The molecular formula is C30H33N5O3S. The molecule has 2 amide bonds. The Morgan fingerprint density at radius 3 is 2.79 bits per heavy atom. The predicted octanol–water partition coefficient (Wildman–Crippen LogP) is 4.28. The highest BCUT2D eigenvalue weighted by Crippen LogP contribution is 2.50.